The van der Waals surface area contributed by atoms with Crippen molar-refractivity contribution in [1.82, 2.24) is 0 Å². The van der Waals surface area contributed by atoms with Crippen molar-refractivity contribution in [1.29, 1.82) is 0 Å². The summed E-state index contributed by atoms with van der Waals surface area (Å²) in [5, 5.41) is 0. The van der Waals surface area contributed by atoms with Gasteiger partial charge >= 0.3 is 0 Å². The molecule has 0 aliphatic carbocycles. The monoisotopic (exact) mass is 677 g/mol. The van der Waals surface area contributed by atoms with Crippen LogP contribution in [0.1, 0.15) is 120 Å². The second kappa shape index (κ2) is 20.1. The van der Waals surface area contributed by atoms with Gasteiger partial charge in [-0.15, -0.1) is 0 Å². The molecule has 0 saturated heterocycles. The summed E-state index contributed by atoms with van der Waals surface area (Å²) in [4.78, 5) is 2.31. The summed E-state index contributed by atoms with van der Waals surface area (Å²) in [5.41, 5.74) is 16.1. The van der Waals surface area contributed by atoms with Crippen molar-refractivity contribution in [3.8, 4) is 33.4 Å². The molecule has 0 fully saturated rings. The van der Waals surface area contributed by atoms with Crippen molar-refractivity contribution < 1.29 is 0 Å². The van der Waals surface area contributed by atoms with Crippen LogP contribution in [-0.2, 0) is 19.3 Å². The Balaban J connectivity index is 1.28. The van der Waals surface area contributed by atoms with Crippen molar-refractivity contribution in [2.24, 2.45) is 0 Å². The molecular weight excluding hydrogens is 615 g/mol. The van der Waals surface area contributed by atoms with Crippen LogP contribution in [0.2, 0.25) is 0 Å². The number of benzene rings is 5. The molecule has 5 rings (SSSR count). The highest BCUT2D eigenvalue weighted by Gasteiger charge is 2.12. The molecule has 5 aromatic carbocycles. The predicted octanol–water partition coefficient (Wildman–Crippen LogP) is 15.1. The molecule has 0 atom stereocenters. The van der Waals surface area contributed by atoms with E-state index in [1.807, 2.05) is 0 Å². The standard InChI is InChI=1S/C50H63N/c1-6-9-12-13-14-15-16-17-18-40-23-31-47(32-24-40)51(5)48-33-27-42(28-34-48)50-36-30-44(38-46(50)20-11-8-3)43-29-35-49(45(37-43)19-10-7-2)41-25-21-39(4)22-26-41/h21-38H,6-20H2,1-5H3. The Hall–Kier alpha value is -4.10. The van der Waals surface area contributed by atoms with Gasteiger partial charge in [0.1, 0.15) is 0 Å². The first-order chi connectivity index (χ1) is 25.0. The number of unbranched alkanes of at least 4 members (excludes halogenated alkanes) is 9. The third-order valence-corrected chi connectivity index (χ3v) is 10.7. The first-order valence-corrected chi connectivity index (χ1v) is 20.3. The lowest BCUT2D eigenvalue weighted by Gasteiger charge is -2.21. The van der Waals surface area contributed by atoms with E-state index < -0.39 is 0 Å². The maximum atomic E-state index is 2.46. The number of anilines is 2. The third kappa shape index (κ3) is 10.9. The Morgan fingerprint density at radius 1 is 0.392 bits per heavy atom. The van der Waals surface area contributed by atoms with Gasteiger partial charge in [-0.1, -0.05) is 169 Å². The van der Waals surface area contributed by atoms with Crippen LogP contribution in [0.3, 0.4) is 0 Å². The van der Waals surface area contributed by atoms with E-state index in [0.717, 1.165) is 12.8 Å². The topological polar surface area (TPSA) is 3.24 Å². The van der Waals surface area contributed by atoms with Gasteiger partial charge in [0.05, 0.1) is 0 Å². The number of hydrogen-bond acceptors (Lipinski definition) is 1. The SMILES string of the molecule is CCCCCCCCCCc1ccc(N(C)c2ccc(-c3ccc(-c4ccc(-c5ccc(C)cc5)c(CCCC)c4)cc3CCCC)cc2)cc1. The summed E-state index contributed by atoms with van der Waals surface area (Å²) in [6, 6.07) is 41.7. The molecule has 0 amide bonds. The van der Waals surface area contributed by atoms with E-state index in [9.17, 15) is 0 Å². The summed E-state index contributed by atoms with van der Waals surface area (Å²) in [5.74, 6) is 0. The van der Waals surface area contributed by atoms with Gasteiger partial charge in [0.25, 0.3) is 0 Å². The third-order valence-electron chi connectivity index (χ3n) is 10.7. The first kappa shape index (κ1) is 38.1. The minimum absolute atomic E-state index is 1.09. The van der Waals surface area contributed by atoms with Crippen LogP contribution in [-0.4, -0.2) is 7.05 Å². The van der Waals surface area contributed by atoms with Crippen molar-refractivity contribution in [2.75, 3.05) is 11.9 Å². The summed E-state index contributed by atoms with van der Waals surface area (Å²) in [7, 11) is 2.18. The lowest BCUT2D eigenvalue weighted by molar-refractivity contribution is 0.575. The van der Waals surface area contributed by atoms with Gasteiger partial charge in [0, 0.05) is 18.4 Å². The van der Waals surface area contributed by atoms with Gasteiger partial charge in [0.2, 0.25) is 0 Å². The lowest BCUT2D eigenvalue weighted by Crippen LogP contribution is -2.09. The van der Waals surface area contributed by atoms with Gasteiger partial charge in [-0.25, -0.2) is 0 Å². The van der Waals surface area contributed by atoms with Crippen LogP contribution in [0, 0.1) is 6.92 Å². The van der Waals surface area contributed by atoms with Crippen molar-refractivity contribution in [2.45, 2.75) is 124 Å². The molecule has 0 unspecified atom stereocenters. The largest absolute Gasteiger partial charge is 0.345 e. The number of aryl methyl sites for hydroxylation is 4. The molecule has 0 spiro atoms. The van der Waals surface area contributed by atoms with E-state index in [4.69, 9.17) is 0 Å². The molecule has 0 saturated carbocycles. The fourth-order valence-electron chi connectivity index (χ4n) is 7.35. The Morgan fingerprint density at radius 3 is 1.29 bits per heavy atom. The molecule has 5 aromatic rings. The van der Waals surface area contributed by atoms with Crippen LogP contribution < -0.4 is 4.90 Å². The smallest absolute Gasteiger partial charge is 0.0408 e. The van der Waals surface area contributed by atoms with Gasteiger partial charge < -0.3 is 4.90 Å². The zero-order valence-corrected chi connectivity index (χ0v) is 32.4. The highest BCUT2D eigenvalue weighted by atomic mass is 15.1. The molecule has 0 aliphatic rings. The molecule has 0 aromatic heterocycles. The van der Waals surface area contributed by atoms with E-state index in [1.165, 1.54) is 150 Å². The first-order valence-electron chi connectivity index (χ1n) is 20.3. The van der Waals surface area contributed by atoms with E-state index in [2.05, 4.69) is 149 Å². The van der Waals surface area contributed by atoms with Crippen LogP contribution in [0.15, 0.2) is 109 Å². The normalized spacial score (nSPS) is 11.2. The lowest BCUT2D eigenvalue weighted by atomic mass is 9.89. The predicted molar refractivity (Wildman–Crippen MR) is 226 cm³/mol. The van der Waals surface area contributed by atoms with Gasteiger partial charge in [0.15, 0.2) is 0 Å². The summed E-state index contributed by atoms with van der Waals surface area (Å²) in [6.45, 7) is 9.03. The summed E-state index contributed by atoms with van der Waals surface area (Å²) < 4.78 is 0. The Morgan fingerprint density at radius 2 is 0.804 bits per heavy atom. The minimum Gasteiger partial charge on any atom is -0.345 e. The highest BCUT2D eigenvalue weighted by Crippen LogP contribution is 2.35. The molecular formula is C50H63N. The Bertz CT molecular complexity index is 1740. The molecule has 268 valence electrons. The zero-order valence-electron chi connectivity index (χ0n) is 32.4. The van der Waals surface area contributed by atoms with Gasteiger partial charge in [-0.3, -0.25) is 0 Å². The fraction of sp³-hybridized carbons (Fsp3) is 0.400. The maximum Gasteiger partial charge on any atom is 0.0408 e. The average molecular weight is 678 g/mol. The second-order valence-corrected chi connectivity index (χ2v) is 14.8. The van der Waals surface area contributed by atoms with E-state index in [1.54, 1.807) is 0 Å². The number of nitrogens with zero attached hydrogens (tertiary/aromatic N) is 1. The Kier molecular flexibility index (Phi) is 15.0. The highest BCUT2D eigenvalue weighted by molar-refractivity contribution is 5.78. The quantitative estimate of drug-likeness (QED) is 0.0741. The summed E-state index contributed by atoms with van der Waals surface area (Å²) in [6.07, 6.45) is 19.2. The molecule has 1 nitrogen and oxygen atoms in total. The maximum absolute atomic E-state index is 2.46. The minimum atomic E-state index is 1.09. The van der Waals surface area contributed by atoms with E-state index in [-0.39, 0.29) is 0 Å². The average Bonchev–Trinajstić information content (AvgIpc) is 3.17. The zero-order chi connectivity index (χ0) is 35.8. The van der Waals surface area contributed by atoms with E-state index >= 15 is 0 Å². The van der Waals surface area contributed by atoms with Crippen molar-refractivity contribution in [3.63, 3.8) is 0 Å². The van der Waals surface area contributed by atoms with Gasteiger partial charge in [-0.2, -0.15) is 0 Å². The molecule has 0 bridgehead atoms. The van der Waals surface area contributed by atoms with Crippen molar-refractivity contribution >= 4 is 11.4 Å². The van der Waals surface area contributed by atoms with Crippen LogP contribution in [0.25, 0.3) is 33.4 Å². The second-order valence-electron chi connectivity index (χ2n) is 14.8. The molecule has 0 radical (unpaired) electrons. The molecule has 1 heteroatoms. The van der Waals surface area contributed by atoms with Gasteiger partial charge in [-0.05, 0) is 120 Å². The van der Waals surface area contributed by atoms with Crippen molar-refractivity contribution in [3.05, 3.63) is 131 Å². The molecule has 0 aliphatic heterocycles. The van der Waals surface area contributed by atoms with Crippen LogP contribution in [0.4, 0.5) is 11.4 Å². The summed E-state index contributed by atoms with van der Waals surface area (Å²) >= 11 is 0. The van der Waals surface area contributed by atoms with Crippen LogP contribution in [0.5, 0.6) is 0 Å². The number of rotatable bonds is 20. The number of hydrogen-bond donors (Lipinski definition) is 0. The molecule has 0 heterocycles. The van der Waals surface area contributed by atoms with E-state index in [0.29, 0.717) is 0 Å². The molecule has 51 heavy (non-hydrogen) atoms. The molecule has 0 N–H and O–H groups in total. The fourth-order valence-corrected chi connectivity index (χ4v) is 7.35. The van der Waals surface area contributed by atoms with Crippen LogP contribution >= 0.6 is 0 Å². The Labute approximate surface area is 311 Å².